The van der Waals surface area contributed by atoms with Crippen molar-refractivity contribution in [1.29, 1.82) is 0 Å². The Hall–Kier alpha value is -3.08. The first-order valence-corrected chi connectivity index (χ1v) is 10.2. The van der Waals surface area contributed by atoms with Crippen LogP contribution < -0.4 is 5.32 Å². The van der Waals surface area contributed by atoms with Gasteiger partial charge in [0.1, 0.15) is 5.82 Å². The number of carbonyl (C=O) groups is 1. The molecule has 0 radical (unpaired) electrons. The number of para-hydroxylation sites is 1. The van der Waals surface area contributed by atoms with Crippen LogP contribution in [0.2, 0.25) is 0 Å². The molecule has 4 nitrogen and oxygen atoms in total. The van der Waals surface area contributed by atoms with Crippen LogP contribution in [-0.4, -0.2) is 22.0 Å². The highest BCUT2D eigenvalue weighted by Gasteiger charge is 2.17. The zero-order valence-corrected chi connectivity index (χ0v) is 16.9. The van der Waals surface area contributed by atoms with Crippen LogP contribution in [0.5, 0.6) is 0 Å². The van der Waals surface area contributed by atoms with E-state index in [1.807, 2.05) is 36.5 Å². The third kappa shape index (κ3) is 5.95. The van der Waals surface area contributed by atoms with Crippen LogP contribution >= 0.6 is 0 Å². The highest BCUT2D eigenvalue weighted by atomic mass is 19.1. The van der Waals surface area contributed by atoms with Gasteiger partial charge in [-0.05, 0) is 36.2 Å². The molecular formula is C24H28FN3O. The molecule has 1 heterocycles. The van der Waals surface area contributed by atoms with Gasteiger partial charge < -0.3 is 14.8 Å². The van der Waals surface area contributed by atoms with E-state index in [-0.39, 0.29) is 11.7 Å². The van der Waals surface area contributed by atoms with Gasteiger partial charge in [0, 0.05) is 25.0 Å². The Kier molecular flexibility index (Phi) is 7.45. The number of amides is 2. The van der Waals surface area contributed by atoms with Crippen molar-refractivity contribution in [3.63, 3.8) is 0 Å². The Morgan fingerprint density at radius 2 is 1.76 bits per heavy atom. The number of aromatic nitrogens is 1. The van der Waals surface area contributed by atoms with Crippen LogP contribution in [0.1, 0.15) is 37.4 Å². The van der Waals surface area contributed by atoms with E-state index in [2.05, 4.69) is 28.9 Å². The predicted molar refractivity (Wildman–Crippen MR) is 115 cm³/mol. The van der Waals surface area contributed by atoms with Crippen molar-refractivity contribution in [2.24, 2.45) is 0 Å². The number of rotatable bonds is 9. The number of hydrogen-bond donors (Lipinski definition) is 1. The maximum absolute atomic E-state index is 14.0. The van der Waals surface area contributed by atoms with Gasteiger partial charge in [-0.3, -0.25) is 0 Å². The van der Waals surface area contributed by atoms with Gasteiger partial charge in [0.15, 0.2) is 0 Å². The van der Waals surface area contributed by atoms with E-state index in [9.17, 15) is 9.18 Å². The van der Waals surface area contributed by atoms with Crippen LogP contribution in [0.25, 0.3) is 0 Å². The molecule has 1 aromatic heterocycles. The molecule has 0 aliphatic rings. The molecule has 1 N–H and O–H groups in total. The molecule has 0 saturated heterocycles. The number of unbranched alkanes of at least 4 members (excludes halogenated alkanes) is 2. The van der Waals surface area contributed by atoms with Gasteiger partial charge in [0.2, 0.25) is 0 Å². The number of nitrogens with one attached hydrogen (secondary N) is 1. The molecule has 0 aliphatic carbocycles. The molecule has 29 heavy (non-hydrogen) atoms. The molecule has 0 atom stereocenters. The number of benzene rings is 2. The Morgan fingerprint density at radius 1 is 1.00 bits per heavy atom. The maximum atomic E-state index is 14.0. The summed E-state index contributed by atoms with van der Waals surface area (Å²) in [7, 11) is 0. The highest BCUT2D eigenvalue weighted by molar-refractivity contribution is 5.89. The predicted octanol–water partition coefficient (Wildman–Crippen LogP) is 5.90. The number of anilines is 1. The zero-order chi connectivity index (χ0) is 20.5. The molecule has 0 unspecified atom stereocenters. The second-order valence-corrected chi connectivity index (χ2v) is 7.15. The molecule has 0 aliphatic heterocycles. The summed E-state index contributed by atoms with van der Waals surface area (Å²) in [5.74, 6) is -0.429. The number of halogens is 1. The summed E-state index contributed by atoms with van der Waals surface area (Å²) >= 11 is 0. The van der Waals surface area contributed by atoms with E-state index in [4.69, 9.17) is 0 Å². The lowest BCUT2D eigenvalue weighted by Gasteiger charge is -2.24. The number of hydrogen-bond acceptors (Lipinski definition) is 1. The first-order valence-electron chi connectivity index (χ1n) is 10.2. The molecule has 0 fully saturated rings. The summed E-state index contributed by atoms with van der Waals surface area (Å²) in [6.07, 6.45) is 5.07. The van der Waals surface area contributed by atoms with Crippen molar-refractivity contribution >= 4 is 11.7 Å². The zero-order valence-electron chi connectivity index (χ0n) is 16.9. The lowest BCUT2D eigenvalue weighted by atomic mass is 10.2. The van der Waals surface area contributed by atoms with Crippen molar-refractivity contribution in [3.05, 3.63) is 90.0 Å². The Labute approximate surface area is 172 Å². The van der Waals surface area contributed by atoms with E-state index in [1.165, 1.54) is 11.6 Å². The van der Waals surface area contributed by atoms with Gasteiger partial charge >= 0.3 is 6.03 Å². The SMILES string of the molecule is CCCCCN(Cc1cccn1Cc1ccccc1)C(=O)Nc1ccccc1F. The van der Waals surface area contributed by atoms with Crippen LogP contribution in [0.4, 0.5) is 14.9 Å². The summed E-state index contributed by atoms with van der Waals surface area (Å²) in [5.41, 5.74) is 2.46. The fraction of sp³-hybridized carbons (Fsp3) is 0.292. The quantitative estimate of drug-likeness (QED) is 0.452. The number of carbonyl (C=O) groups excluding carboxylic acids is 1. The van der Waals surface area contributed by atoms with Crippen LogP contribution in [0.3, 0.4) is 0 Å². The van der Waals surface area contributed by atoms with E-state index < -0.39 is 5.82 Å². The van der Waals surface area contributed by atoms with Gasteiger partial charge in [-0.1, -0.05) is 62.2 Å². The summed E-state index contributed by atoms with van der Waals surface area (Å²) in [6.45, 7) is 3.99. The second kappa shape index (κ2) is 10.5. The average molecular weight is 394 g/mol. The summed E-state index contributed by atoms with van der Waals surface area (Å²) in [6, 6.07) is 20.2. The van der Waals surface area contributed by atoms with E-state index in [0.29, 0.717) is 13.1 Å². The standard InChI is InChI=1S/C24H28FN3O/c1-2-3-9-16-28(24(29)26-23-15-8-7-14-22(23)25)19-21-13-10-17-27(21)18-20-11-5-4-6-12-20/h4-8,10-15,17H,2-3,9,16,18-19H2,1H3,(H,26,29). The maximum Gasteiger partial charge on any atom is 0.322 e. The van der Waals surface area contributed by atoms with Crippen molar-refractivity contribution in [2.75, 3.05) is 11.9 Å². The van der Waals surface area contributed by atoms with E-state index >= 15 is 0 Å². The minimum Gasteiger partial charge on any atom is -0.345 e. The third-order valence-electron chi connectivity index (χ3n) is 4.91. The average Bonchev–Trinajstić information content (AvgIpc) is 3.16. The minimum atomic E-state index is -0.429. The number of nitrogens with zero attached hydrogens (tertiary/aromatic N) is 2. The second-order valence-electron chi connectivity index (χ2n) is 7.15. The van der Waals surface area contributed by atoms with Gasteiger partial charge in [0.25, 0.3) is 0 Å². The van der Waals surface area contributed by atoms with Crippen molar-refractivity contribution in [2.45, 2.75) is 39.3 Å². The molecule has 3 aromatic rings. The fourth-order valence-corrected chi connectivity index (χ4v) is 3.28. The van der Waals surface area contributed by atoms with Gasteiger partial charge in [-0.2, -0.15) is 0 Å². The molecule has 0 bridgehead atoms. The van der Waals surface area contributed by atoms with E-state index in [0.717, 1.165) is 31.5 Å². The van der Waals surface area contributed by atoms with Gasteiger partial charge in [-0.25, -0.2) is 9.18 Å². The third-order valence-corrected chi connectivity index (χ3v) is 4.91. The van der Waals surface area contributed by atoms with Crippen LogP contribution in [0, 0.1) is 5.82 Å². The van der Waals surface area contributed by atoms with Crippen molar-refractivity contribution < 1.29 is 9.18 Å². The summed E-state index contributed by atoms with van der Waals surface area (Å²) < 4.78 is 16.1. The smallest absolute Gasteiger partial charge is 0.322 e. The fourth-order valence-electron chi connectivity index (χ4n) is 3.28. The molecular weight excluding hydrogens is 365 g/mol. The normalized spacial score (nSPS) is 10.7. The highest BCUT2D eigenvalue weighted by Crippen LogP contribution is 2.16. The van der Waals surface area contributed by atoms with Crippen molar-refractivity contribution in [3.8, 4) is 0 Å². The molecule has 152 valence electrons. The Bertz CT molecular complexity index is 907. The topological polar surface area (TPSA) is 37.3 Å². The first kappa shape index (κ1) is 20.6. The summed E-state index contributed by atoms with van der Waals surface area (Å²) in [4.78, 5) is 14.7. The molecule has 0 saturated carbocycles. The molecule has 0 spiro atoms. The molecule has 5 heteroatoms. The lowest BCUT2D eigenvalue weighted by Crippen LogP contribution is -2.36. The Balaban J connectivity index is 1.73. The first-order chi connectivity index (χ1) is 14.2. The van der Waals surface area contributed by atoms with Gasteiger partial charge in [0.05, 0.1) is 12.2 Å². The molecule has 2 aromatic carbocycles. The van der Waals surface area contributed by atoms with E-state index in [1.54, 1.807) is 23.1 Å². The monoisotopic (exact) mass is 393 g/mol. The lowest BCUT2D eigenvalue weighted by molar-refractivity contribution is 0.206. The van der Waals surface area contributed by atoms with Crippen LogP contribution in [-0.2, 0) is 13.1 Å². The summed E-state index contributed by atoms with van der Waals surface area (Å²) in [5, 5.41) is 2.72. The van der Waals surface area contributed by atoms with Crippen molar-refractivity contribution in [1.82, 2.24) is 9.47 Å². The Morgan fingerprint density at radius 3 is 2.52 bits per heavy atom. The number of urea groups is 1. The molecule has 2 amide bonds. The van der Waals surface area contributed by atoms with Crippen LogP contribution in [0.15, 0.2) is 72.9 Å². The minimum absolute atomic E-state index is 0.206. The largest absolute Gasteiger partial charge is 0.345 e. The van der Waals surface area contributed by atoms with Gasteiger partial charge in [-0.15, -0.1) is 0 Å². The molecule has 3 rings (SSSR count).